The molecule has 4 aromatic carbocycles. The van der Waals surface area contributed by atoms with E-state index in [1.165, 1.54) is 12.1 Å². The summed E-state index contributed by atoms with van der Waals surface area (Å²) in [6.45, 7) is 5.77. The second-order valence-corrected chi connectivity index (χ2v) is 9.81. The van der Waals surface area contributed by atoms with Gasteiger partial charge < -0.3 is 15.2 Å². The van der Waals surface area contributed by atoms with Crippen LogP contribution in [0, 0.1) is 6.92 Å². The summed E-state index contributed by atoms with van der Waals surface area (Å²) in [5, 5.41) is 14.1. The first-order chi connectivity index (χ1) is 17.1. The largest absolute Gasteiger partial charge is 0.478 e. The third-order valence-electron chi connectivity index (χ3n) is 5.99. The number of carboxylic acid groups (broad SMARTS) is 1. The van der Waals surface area contributed by atoms with E-state index in [1.54, 1.807) is 60.7 Å². The molecule has 0 fully saturated rings. The Labute approximate surface area is 207 Å². The van der Waals surface area contributed by atoms with Crippen molar-refractivity contribution in [2.24, 2.45) is 0 Å². The molecule has 4 aromatic rings. The van der Waals surface area contributed by atoms with E-state index in [9.17, 15) is 22.9 Å². The smallest absolute Gasteiger partial charge is 0.337 e. The van der Waals surface area contributed by atoms with Gasteiger partial charge in [-0.25, -0.2) is 4.79 Å². The number of rotatable bonds is 5. The molecule has 0 atom stereocenters. The number of hydrogen-bond donors (Lipinski definition) is 3. The van der Waals surface area contributed by atoms with Gasteiger partial charge in [0, 0.05) is 33.7 Å². The van der Waals surface area contributed by atoms with Crippen LogP contribution in [0.5, 0.6) is 11.5 Å². The van der Waals surface area contributed by atoms with Gasteiger partial charge in [0.25, 0.3) is 10.1 Å². The fourth-order valence-corrected chi connectivity index (χ4v) is 5.06. The summed E-state index contributed by atoms with van der Waals surface area (Å²) in [6, 6.07) is 21.8. The maximum Gasteiger partial charge on any atom is 0.337 e. The van der Waals surface area contributed by atoms with Crippen molar-refractivity contribution < 1.29 is 27.6 Å². The molecule has 0 bridgehead atoms. The molecule has 0 aliphatic carbocycles. The first-order valence-electron chi connectivity index (χ1n) is 11.0. The Morgan fingerprint density at radius 1 is 0.917 bits per heavy atom. The molecule has 1 aliphatic heterocycles. The van der Waals surface area contributed by atoms with Crippen LogP contribution in [-0.2, 0) is 10.1 Å². The molecule has 7 nitrogen and oxygen atoms in total. The van der Waals surface area contributed by atoms with Crippen molar-refractivity contribution in [1.29, 1.82) is 0 Å². The Morgan fingerprint density at radius 2 is 1.69 bits per heavy atom. The van der Waals surface area contributed by atoms with Gasteiger partial charge >= 0.3 is 5.97 Å². The van der Waals surface area contributed by atoms with Crippen LogP contribution in [0.25, 0.3) is 12.2 Å². The number of anilines is 2. The highest BCUT2D eigenvalue weighted by Crippen LogP contribution is 2.40. The highest BCUT2D eigenvalue weighted by Gasteiger charge is 2.25. The van der Waals surface area contributed by atoms with Gasteiger partial charge in [-0.2, -0.15) is 8.42 Å². The molecule has 0 saturated carbocycles. The van der Waals surface area contributed by atoms with Gasteiger partial charge in [-0.05, 0) is 48.0 Å². The number of aryl methyl sites for hydroxylation is 1. The minimum Gasteiger partial charge on any atom is -0.478 e. The summed E-state index contributed by atoms with van der Waals surface area (Å²) in [4.78, 5) is 11.5. The van der Waals surface area contributed by atoms with Crippen molar-refractivity contribution >= 4 is 39.6 Å². The van der Waals surface area contributed by atoms with E-state index in [2.05, 4.69) is 11.9 Å². The molecule has 0 amide bonds. The molecule has 0 spiro atoms. The van der Waals surface area contributed by atoms with Gasteiger partial charge in [-0.1, -0.05) is 49.0 Å². The highest BCUT2D eigenvalue weighted by molar-refractivity contribution is 7.86. The van der Waals surface area contributed by atoms with Gasteiger partial charge in [0.15, 0.2) is 0 Å². The predicted octanol–water partition coefficient (Wildman–Crippen LogP) is 4.45. The van der Waals surface area contributed by atoms with Crippen molar-refractivity contribution in [2.75, 3.05) is 5.32 Å². The molecule has 5 rings (SSSR count). The van der Waals surface area contributed by atoms with Crippen molar-refractivity contribution in [3.05, 3.63) is 112 Å². The van der Waals surface area contributed by atoms with Gasteiger partial charge in [0.2, 0.25) is 0 Å². The number of ether oxygens (including phenoxy) is 1. The summed E-state index contributed by atoms with van der Waals surface area (Å²) in [6.07, 6.45) is 0. The van der Waals surface area contributed by atoms with E-state index >= 15 is 0 Å². The Balaban J connectivity index is 1.72. The molecular weight excluding hydrogens is 478 g/mol. The van der Waals surface area contributed by atoms with Crippen molar-refractivity contribution in [2.45, 2.75) is 11.8 Å². The zero-order valence-corrected chi connectivity index (χ0v) is 20.0. The van der Waals surface area contributed by atoms with E-state index in [1.807, 2.05) is 13.0 Å². The Morgan fingerprint density at radius 3 is 2.44 bits per heavy atom. The molecule has 0 aromatic heterocycles. The van der Waals surface area contributed by atoms with Crippen LogP contribution in [0.3, 0.4) is 0 Å². The minimum absolute atomic E-state index is 0.134. The van der Waals surface area contributed by atoms with E-state index in [0.717, 1.165) is 5.56 Å². The zero-order chi connectivity index (χ0) is 25.6. The minimum atomic E-state index is -4.50. The summed E-state index contributed by atoms with van der Waals surface area (Å²) in [5.74, 6) is -0.136. The van der Waals surface area contributed by atoms with Crippen LogP contribution in [0.4, 0.5) is 11.4 Å². The third-order valence-corrected chi connectivity index (χ3v) is 6.90. The summed E-state index contributed by atoms with van der Waals surface area (Å²) in [5.41, 5.74) is 3.46. The molecule has 36 heavy (non-hydrogen) atoms. The van der Waals surface area contributed by atoms with Gasteiger partial charge in [0.05, 0.1) is 11.3 Å². The van der Waals surface area contributed by atoms with Crippen LogP contribution in [-0.4, -0.2) is 24.0 Å². The molecule has 180 valence electrons. The van der Waals surface area contributed by atoms with Crippen LogP contribution in [0.15, 0.2) is 83.8 Å². The van der Waals surface area contributed by atoms with Crippen molar-refractivity contribution in [1.82, 2.24) is 0 Å². The Hall–Kier alpha value is -4.40. The normalized spacial score (nSPS) is 12.3. The molecule has 1 aliphatic rings. The highest BCUT2D eigenvalue weighted by atomic mass is 32.2. The van der Waals surface area contributed by atoms with Crippen LogP contribution in [0.2, 0.25) is 0 Å². The molecule has 0 radical (unpaired) electrons. The van der Waals surface area contributed by atoms with E-state index in [4.69, 9.17) is 4.74 Å². The number of fused-ring (bicyclic) bond motifs is 2. The van der Waals surface area contributed by atoms with Crippen molar-refractivity contribution in [3.63, 3.8) is 0 Å². The molecule has 8 heteroatoms. The summed E-state index contributed by atoms with van der Waals surface area (Å²) < 4.78 is 40.5. The molecule has 1 heterocycles. The standard InChI is InChI=1S/C28H21NO6S/c1-16-10-12-19-23(14-16)35-24-15-18(29-27-17(2)6-5-8-22(27)28(30)31)11-13-20(24)26(19)21-7-3-4-9-25(21)36(32,33)34/h3-15,29H,1H2,2H3,(H,30,31)(H,32,33,34). The average Bonchev–Trinajstić information content (AvgIpc) is 2.83. The monoisotopic (exact) mass is 499 g/mol. The van der Waals surface area contributed by atoms with Gasteiger partial charge in [-0.3, -0.25) is 4.55 Å². The number of carbonyl (C=O) groups is 1. The zero-order valence-electron chi connectivity index (χ0n) is 19.1. The number of nitrogens with one attached hydrogen (secondary N) is 1. The lowest BCUT2D eigenvalue weighted by atomic mass is 9.92. The maximum absolute atomic E-state index is 12.2. The second-order valence-electron chi connectivity index (χ2n) is 8.42. The molecule has 0 saturated heterocycles. The lowest BCUT2D eigenvalue weighted by Crippen LogP contribution is -2.20. The first-order valence-corrected chi connectivity index (χ1v) is 12.4. The van der Waals surface area contributed by atoms with Gasteiger partial charge in [-0.15, -0.1) is 0 Å². The predicted molar refractivity (Wildman–Crippen MR) is 137 cm³/mol. The maximum atomic E-state index is 12.2. The summed E-state index contributed by atoms with van der Waals surface area (Å²) in [7, 11) is -4.50. The number of para-hydroxylation sites is 1. The number of carboxylic acids is 1. The Bertz CT molecular complexity index is 1780. The second kappa shape index (κ2) is 8.67. The van der Waals surface area contributed by atoms with Gasteiger partial charge in [0.1, 0.15) is 16.4 Å². The van der Waals surface area contributed by atoms with Crippen molar-refractivity contribution in [3.8, 4) is 11.5 Å². The summed E-state index contributed by atoms with van der Waals surface area (Å²) >= 11 is 0. The van der Waals surface area contributed by atoms with Crippen LogP contribution < -0.4 is 20.5 Å². The lowest BCUT2D eigenvalue weighted by Gasteiger charge is -2.23. The molecule has 0 unspecified atom stereocenters. The first kappa shape index (κ1) is 23.3. The number of hydrogen-bond acceptors (Lipinski definition) is 5. The lowest BCUT2D eigenvalue weighted by molar-refractivity contribution is 0.0698. The molecule has 3 N–H and O–H groups in total. The number of benzene rings is 4. The Kier molecular flexibility index (Phi) is 5.62. The fourth-order valence-electron chi connectivity index (χ4n) is 4.36. The fraction of sp³-hybridized carbons (Fsp3) is 0.0357. The average molecular weight is 500 g/mol. The topological polar surface area (TPSA) is 113 Å². The van der Waals surface area contributed by atoms with Crippen LogP contribution in [0.1, 0.15) is 27.0 Å². The van der Waals surface area contributed by atoms with E-state index in [0.29, 0.717) is 50.0 Å². The van der Waals surface area contributed by atoms with E-state index < -0.39 is 16.1 Å². The SMILES string of the molecule is C=c1ccc2c(c1)Oc1cc(Nc3c(C)cccc3C(=O)O)ccc1C=2c1ccccc1S(=O)(=O)O. The number of aromatic carboxylic acids is 1. The van der Waals surface area contributed by atoms with Crippen LogP contribution >= 0.6 is 0 Å². The quantitative estimate of drug-likeness (QED) is 0.306. The third kappa shape index (κ3) is 4.13. The molecular formula is C28H21NO6S. The van der Waals surface area contributed by atoms with E-state index in [-0.39, 0.29) is 10.5 Å².